The van der Waals surface area contributed by atoms with Crippen LogP contribution >= 0.6 is 0 Å². The van der Waals surface area contributed by atoms with Crippen molar-refractivity contribution in [2.45, 2.75) is 33.8 Å². The van der Waals surface area contributed by atoms with E-state index in [0.717, 1.165) is 5.56 Å². The van der Waals surface area contributed by atoms with Crippen LogP contribution in [0.3, 0.4) is 0 Å². The van der Waals surface area contributed by atoms with Gasteiger partial charge in [0.15, 0.2) is 0 Å². The van der Waals surface area contributed by atoms with Crippen LogP contribution < -0.4 is 0 Å². The molecule has 18 heavy (non-hydrogen) atoms. The molecule has 1 nitrogen and oxygen atoms in total. The largest absolute Gasteiger partial charge is 0.389 e. The fourth-order valence-corrected chi connectivity index (χ4v) is 2.40. The molecule has 1 unspecified atom stereocenters. The van der Waals surface area contributed by atoms with Crippen molar-refractivity contribution >= 4 is 0 Å². The maximum Gasteiger partial charge on any atom is 0.0762 e. The van der Waals surface area contributed by atoms with Crippen molar-refractivity contribution in [3.63, 3.8) is 0 Å². The van der Waals surface area contributed by atoms with Crippen LogP contribution in [0.1, 0.15) is 35.3 Å². The van der Waals surface area contributed by atoms with Gasteiger partial charge in [0.2, 0.25) is 0 Å². The second-order valence-corrected chi connectivity index (χ2v) is 5.13. The summed E-state index contributed by atoms with van der Waals surface area (Å²) in [5.41, 5.74) is 7.24. The molecule has 0 aromatic heterocycles. The Labute approximate surface area is 109 Å². The molecule has 94 valence electrons. The highest BCUT2D eigenvalue weighted by atomic mass is 16.3. The topological polar surface area (TPSA) is 20.2 Å². The fraction of sp³-hybridized carbons (Fsp3) is 0.294. The van der Waals surface area contributed by atoms with Crippen molar-refractivity contribution in [3.8, 4) is 11.1 Å². The summed E-state index contributed by atoms with van der Waals surface area (Å²) in [6.45, 7) is 8.14. The molecule has 1 heteroatoms. The molecular formula is C17H20O. The van der Waals surface area contributed by atoms with E-state index in [2.05, 4.69) is 51.1 Å². The van der Waals surface area contributed by atoms with Crippen LogP contribution in [0, 0.1) is 20.8 Å². The molecule has 0 aliphatic carbocycles. The number of aliphatic hydroxyl groups is 1. The van der Waals surface area contributed by atoms with Crippen molar-refractivity contribution in [3.05, 3.63) is 58.7 Å². The van der Waals surface area contributed by atoms with Crippen LogP contribution in [-0.4, -0.2) is 5.11 Å². The zero-order valence-electron chi connectivity index (χ0n) is 11.5. The molecule has 0 spiro atoms. The van der Waals surface area contributed by atoms with Gasteiger partial charge >= 0.3 is 0 Å². The van der Waals surface area contributed by atoms with Crippen molar-refractivity contribution in [2.75, 3.05) is 0 Å². The van der Waals surface area contributed by atoms with E-state index >= 15 is 0 Å². The molecule has 2 aromatic rings. The number of benzene rings is 2. The highest BCUT2D eigenvalue weighted by Gasteiger charge is 2.06. The van der Waals surface area contributed by atoms with E-state index in [1.807, 2.05) is 6.07 Å². The summed E-state index contributed by atoms with van der Waals surface area (Å²) in [5, 5.41) is 9.60. The Kier molecular flexibility index (Phi) is 3.53. The Balaban J connectivity index is 2.51. The van der Waals surface area contributed by atoms with Crippen LogP contribution in [0.15, 0.2) is 36.4 Å². The smallest absolute Gasteiger partial charge is 0.0762 e. The molecule has 0 heterocycles. The molecule has 0 bridgehead atoms. The number of hydrogen-bond donors (Lipinski definition) is 1. The zero-order valence-corrected chi connectivity index (χ0v) is 11.5. The summed E-state index contributed by atoms with van der Waals surface area (Å²) < 4.78 is 0. The normalized spacial score (nSPS) is 12.5. The van der Waals surface area contributed by atoms with Gasteiger partial charge in [-0.2, -0.15) is 0 Å². The first-order valence-corrected chi connectivity index (χ1v) is 6.34. The Morgan fingerprint density at radius 2 is 1.50 bits per heavy atom. The minimum Gasteiger partial charge on any atom is -0.389 e. The third kappa shape index (κ3) is 2.62. The van der Waals surface area contributed by atoms with Gasteiger partial charge in [0.25, 0.3) is 0 Å². The predicted octanol–water partition coefficient (Wildman–Crippen LogP) is 4.33. The summed E-state index contributed by atoms with van der Waals surface area (Å²) in [7, 11) is 0. The van der Waals surface area contributed by atoms with Crippen LogP contribution in [-0.2, 0) is 0 Å². The lowest BCUT2D eigenvalue weighted by Crippen LogP contribution is -1.93. The van der Waals surface area contributed by atoms with Crippen molar-refractivity contribution in [2.24, 2.45) is 0 Å². The Hall–Kier alpha value is -1.60. The number of rotatable bonds is 2. The third-order valence-electron chi connectivity index (χ3n) is 3.27. The molecule has 1 N–H and O–H groups in total. The summed E-state index contributed by atoms with van der Waals surface area (Å²) in [6, 6.07) is 12.8. The van der Waals surface area contributed by atoms with Crippen LogP contribution in [0.5, 0.6) is 0 Å². The molecule has 1 atom stereocenters. The van der Waals surface area contributed by atoms with E-state index in [4.69, 9.17) is 0 Å². The second kappa shape index (κ2) is 4.95. The summed E-state index contributed by atoms with van der Waals surface area (Å²) in [5.74, 6) is 0. The van der Waals surface area contributed by atoms with Gasteiger partial charge in [-0.1, -0.05) is 47.5 Å². The highest BCUT2D eigenvalue weighted by molar-refractivity contribution is 5.69. The van der Waals surface area contributed by atoms with Crippen molar-refractivity contribution in [1.29, 1.82) is 0 Å². The van der Waals surface area contributed by atoms with Crippen molar-refractivity contribution < 1.29 is 5.11 Å². The fourth-order valence-electron chi connectivity index (χ4n) is 2.40. The molecule has 0 radical (unpaired) electrons. The average molecular weight is 240 g/mol. The van der Waals surface area contributed by atoms with Gasteiger partial charge < -0.3 is 5.11 Å². The Morgan fingerprint density at radius 1 is 0.889 bits per heavy atom. The molecule has 2 rings (SSSR count). The molecule has 0 amide bonds. The first-order valence-electron chi connectivity index (χ1n) is 6.34. The minimum absolute atomic E-state index is 0.406. The number of hydrogen-bond acceptors (Lipinski definition) is 1. The summed E-state index contributed by atoms with van der Waals surface area (Å²) in [4.78, 5) is 0. The van der Waals surface area contributed by atoms with E-state index < -0.39 is 6.10 Å². The van der Waals surface area contributed by atoms with Crippen LogP contribution in [0.4, 0.5) is 0 Å². The van der Waals surface area contributed by atoms with Crippen molar-refractivity contribution in [1.82, 2.24) is 0 Å². The highest BCUT2D eigenvalue weighted by Crippen LogP contribution is 2.27. The van der Waals surface area contributed by atoms with Gasteiger partial charge in [-0.3, -0.25) is 0 Å². The lowest BCUT2D eigenvalue weighted by atomic mass is 9.95. The zero-order chi connectivity index (χ0) is 13.3. The molecular weight excluding hydrogens is 220 g/mol. The molecule has 0 aliphatic rings. The lowest BCUT2D eigenvalue weighted by molar-refractivity contribution is 0.199. The van der Waals surface area contributed by atoms with Crippen LogP contribution in [0.25, 0.3) is 11.1 Å². The molecule has 0 saturated heterocycles. The number of aryl methyl sites for hydroxylation is 3. The molecule has 0 aliphatic heterocycles. The SMILES string of the molecule is Cc1cc(C)cc(-c2ccc(C(C)O)cc2C)c1. The van der Waals surface area contributed by atoms with Gasteiger partial charge in [0.05, 0.1) is 6.10 Å². The van der Waals surface area contributed by atoms with Crippen LogP contribution in [0.2, 0.25) is 0 Å². The standard InChI is InChI=1S/C17H20O/c1-11-7-12(2)9-16(8-11)17-6-5-15(14(4)18)10-13(17)3/h5-10,14,18H,1-4H3. The van der Waals surface area contributed by atoms with E-state index in [-0.39, 0.29) is 0 Å². The Morgan fingerprint density at radius 3 is 2.00 bits per heavy atom. The Bertz CT molecular complexity index is 548. The maximum absolute atomic E-state index is 9.60. The van der Waals surface area contributed by atoms with Gasteiger partial charge in [0.1, 0.15) is 0 Å². The molecule has 2 aromatic carbocycles. The van der Waals surface area contributed by atoms with E-state index in [9.17, 15) is 5.11 Å². The van der Waals surface area contributed by atoms with Gasteiger partial charge in [-0.15, -0.1) is 0 Å². The van der Waals surface area contributed by atoms with Gasteiger partial charge in [0, 0.05) is 0 Å². The lowest BCUT2D eigenvalue weighted by Gasteiger charge is -2.12. The van der Waals surface area contributed by atoms with E-state index in [1.54, 1.807) is 6.92 Å². The average Bonchev–Trinajstić information content (AvgIpc) is 2.27. The second-order valence-electron chi connectivity index (χ2n) is 5.13. The van der Waals surface area contributed by atoms with Gasteiger partial charge in [-0.05, 0) is 49.9 Å². The monoisotopic (exact) mass is 240 g/mol. The molecule has 0 fully saturated rings. The quantitative estimate of drug-likeness (QED) is 0.828. The summed E-state index contributed by atoms with van der Waals surface area (Å²) in [6.07, 6.45) is -0.406. The number of aliphatic hydroxyl groups excluding tert-OH is 1. The first-order chi connectivity index (χ1) is 8.47. The third-order valence-corrected chi connectivity index (χ3v) is 3.27. The first kappa shape index (κ1) is 12.8. The van der Waals surface area contributed by atoms with Gasteiger partial charge in [-0.25, -0.2) is 0 Å². The maximum atomic E-state index is 9.60. The minimum atomic E-state index is -0.406. The molecule has 0 saturated carbocycles. The van der Waals surface area contributed by atoms with E-state index in [1.165, 1.54) is 27.8 Å². The predicted molar refractivity (Wildman–Crippen MR) is 76.7 cm³/mol. The van der Waals surface area contributed by atoms with E-state index in [0.29, 0.717) is 0 Å². The summed E-state index contributed by atoms with van der Waals surface area (Å²) >= 11 is 0.